The van der Waals surface area contributed by atoms with Crippen molar-refractivity contribution < 1.29 is 4.79 Å². The molecule has 0 atom stereocenters. The Hall–Kier alpha value is -1.81. The smallest absolute Gasteiger partial charge is 0.246 e. The molecule has 1 aromatic heterocycles. The number of carbonyl (C=O) groups is 1. The maximum Gasteiger partial charge on any atom is 0.246 e. The lowest BCUT2D eigenvalue weighted by molar-refractivity contribution is -0.114. The highest BCUT2D eigenvalue weighted by Gasteiger charge is 2.20. The van der Waals surface area contributed by atoms with Crippen molar-refractivity contribution in [3.8, 4) is 0 Å². The molecule has 0 saturated carbocycles. The van der Waals surface area contributed by atoms with Gasteiger partial charge in [-0.05, 0) is 61.4 Å². The highest BCUT2D eigenvalue weighted by atomic mass is 127. The molecule has 0 spiro atoms. The summed E-state index contributed by atoms with van der Waals surface area (Å²) in [5, 5.41) is 13.1. The van der Waals surface area contributed by atoms with Crippen molar-refractivity contribution in [3.05, 3.63) is 47.3 Å². The molecule has 1 aliphatic heterocycles. The molecule has 3 N–H and O–H groups in total. The summed E-state index contributed by atoms with van der Waals surface area (Å²) in [5.74, 6) is 0.600. The fourth-order valence-electron chi connectivity index (χ4n) is 3.43. The summed E-state index contributed by atoms with van der Waals surface area (Å²) in [5.41, 5.74) is 2.03. The monoisotopic (exact) mass is 541 g/mol. The normalized spacial score (nSPS) is 14.7. The number of guanidine groups is 1. The van der Waals surface area contributed by atoms with E-state index in [4.69, 9.17) is 0 Å². The van der Waals surface area contributed by atoms with Crippen LogP contribution in [-0.2, 0) is 11.2 Å². The van der Waals surface area contributed by atoms with Gasteiger partial charge in [0, 0.05) is 31.4 Å². The fraction of sp³-hybridized carbons (Fsp3) is 0.455. The molecule has 2 heterocycles. The van der Waals surface area contributed by atoms with E-state index in [2.05, 4.69) is 56.3 Å². The van der Waals surface area contributed by atoms with Crippen LogP contribution in [0, 0.1) is 0 Å². The largest absolute Gasteiger partial charge is 0.363 e. The molecule has 1 aliphatic rings. The van der Waals surface area contributed by atoms with Crippen molar-refractivity contribution in [2.24, 2.45) is 4.99 Å². The first kappa shape index (κ1) is 24.5. The van der Waals surface area contributed by atoms with Crippen molar-refractivity contribution in [3.63, 3.8) is 0 Å². The summed E-state index contributed by atoms with van der Waals surface area (Å²) in [6.07, 6.45) is 3.05. The van der Waals surface area contributed by atoms with E-state index < -0.39 is 0 Å². The quantitative estimate of drug-likeness (QED) is 0.281. The maximum atomic E-state index is 12.3. The zero-order valence-electron chi connectivity index (χ0n) is 17.7. The van der Waals surface area contributed by atoms with E-state index in [-0.39, 0.29) is 36.4 Å². The Morgan fingerprint density at radius 1 is 1.20 bits per heavy atom. The number of nitrogens with zero attached hydrogens (tertiary/aromatic N) is 2. The van der Waals surface area contributed by atoms with E-state index >= 15 is 0 Å². The number of aliphatic imine (C=N–C) groups is 1. The Morgan fingerprint density at radius 3 is 2.67 bits per heavy atom. The summed E-state index contributed by atoms with van der Waals surface area (Å²) in [4.78, 5) is 19.2. The molecule has 164 valence electrons. The Morgan fingerprint density at radius 2 is 2.00 bits per heavy atom. The topological polar surface area (TPSA) is 68.8 Å². The average Bonchev–Trinajstić information content (AvgIpc) is 3.28. The number of halogens is 1. The Kier molecular flexibility index (Phi) is 10.4. The number of hydrogen-bond acceptors (Lipinski definition) is 4. The molecule has 1 fully saturated rings. The predicted molar refractivity (Wildman–Crippen MR) is 139 cm³/mol. The van der Waals surface area contributed by atoms with E-state index in [1.54, 1.807) is 11.3 Å². The Balaban J connectivity index is 0.00000320. The Bertz CT molecular complexity index is 804. The van der Waals surface area contributed by atoms with Gasteiger partial charge < -0.3 is 20.9 Å². The molecule has 0 bridgehead atoms. The lowest BCUT2D eigenvalue weighted by Gasteiger charge is -2.33. The molecule has 0 unspecified atom stereocenters. The van der Waals surface area contributed by atoms with Crippen LogP contribution < -0.4 is 20.9 Å². The van der Waals surface area contributed by atoms with Gasteiger partial charge >= 0.3 is 0 Å². The van der Waals surface area contributed by atoms with Crippen LogP contribution in [0.5, 0.6) is 0 Å². The highest BCUT2D eigenvalue weighted by Crippen LogP contribution is 2.24. The minimum atomic E-state index is -0.108. The van der Waals surface area contributed by atoms with Crippen LogP contribution in [0.3, 0.4) is 0 Å². The Labute approximate surface area is 200 Å². The van der Waals surface area contributed by atoms with E-state index in [0.29, 0.717) is 12.0 Å². The van der Waals surface area contributed by atoms with E-state index in [9.17, 15) is 4.79 Å². The number of benzene rings is 1. The molecule has 1 saturated heterocycles. The zero-order valence-corrected chi connectivity index (χ0v) is 20.8. The van der Waals surface area contributed by atoms with Crippen molar-refractivity contribution >= 4 is 57.9 Å². The van der Waals surface area contributed by atoms with Crippen molar-refractivity contribution in [1.29, 1.82) is 0 Å². The molecule has 6 nitrogen and oxygen atoms in total. The van der Waals surface area contributed by atoms with Gasteiger partial charge in [0.2, 0.25) is 5.91 Å². The molecule has 30 heavy (non-hydrogen) atoms. The van der Waals surface area contributed by atoms with Gasteiger partial charge in [-0.15, -0.1) is 35.3 Å². The second-order valence-electron chi connectivity index (χ2n) is 7.15. The first-order valence-electron chi connectivity index (χ1n) is 10.4. The van der Waals surface area contributed by atoms with Crippen molar-refractivity contribution in [2.75, 3.05) is 36.4 Å². The van der Waals surface area contributed by atoms with Crippen LogP contribution in [0.15, 0.2) is 46.8 Å². The van der Waals surface area contributed by atoms with Gasteiger partial charge in [-0.25, -0.2) is 4.99 Å². The molecule has 1 amide bonds. The number of piperidine rings is 1. The number of thiophene rings is 1. The van der Waals surface area contributed by atoms with Gasteiger partial charge in [-0.3, -0.25) is 4.79 Å². The fourth-order valence-corrected chi connectivity index (χ4v) is 4.21. The van der Waals surface area contributed by atoms with Crippen molar-refractivity contribution in [1.82, 2.24) is 10.6 Å². The molecule has 3 rings (SSSR count). The van der Waals surface area contributed by atoms with Crippen LogP contribution in [0.25, 0.3) is 0 Å². The van der Waals surface area contributed by atoms with Crippen LogP contribution in [0.1, 0.15) is 32.3 Å². The van der Waals surface area contributed by atoms with Crippen LogP contribution in [0.4, 0.5) is 10.7 Å². The number of nitrogens with one attached hydrogen (secondary N) is 3. The molecule has 1 aromatic carbocycles. The minimum absolute atomic E-state index is 0. The third-order valence-corrected chi connectivity index (χ3v) is 5.93. The second-order valence-corrected chi connectivity index (χ2v) is 8.08. The van der Waals surface area contributed by atoms with Gasteiger partial charge in [-0.1, -0.05) is 19.1 Å². The number of rotatable bonds is 7. The third kappa shape index (κ3) is 7.46. The maximum absolute atomic E-state index is 12.3. The number of carbonyl (C=O) groups excluding carboxylic acids is 1. The summed E-state index contributed by atoms with van der Waals surface area (Å²) in [7, 11) is 0. The summed E-state index contributed by atoms with van der Waals surface area (Å²) >= 11 is 1.79. The van der Waals surface area contributed by atoms with Crippen LogP contribution in [0.2, 0.25) is 0 Å². The van der Waals surface area contributed by atoms with Crippen LogP contribution >= 0.6 is 35.3 Å². The predicted octanol–water partition coefficient (Wildman–Crippen LogP) is 4.09. The van der Waals surface area contributed by atoms with E-state index in [1.807, 2.05) is 25.1 Å². The lowest BCUT2D eigenvalue weighted by atomic mass is 10.1. The van der Waals surface area contributed by atoms with Gasteiger partial charge in [0.25, 0.3) is 0 Å². The number of anilines is 2. The molecular formula is C22H32IN5OS. The van der Waals surface area contributed by atoms with Crippen LogP contribution in [-0.4, -0.2) is 44.1 Å². The van der Waals surface area contributed by atoms with Gasteiger partial charge in [0.05, 0.1) is 5.00 Å². The van der Waals surface area contributed by atoms with Gasteiger partial charge in [-0.2, -0.15) is 0 Å². The lowest BCUT2D eigenvalue weighted by Crippen LogP contribution is -2.48. The molecular weight excluding hydrogens is 509 g/mol. The third-order valence-electron chi connectivity index (χ3n) is 5.00. The first-order valence-corrected chi connectivity index (χ1v) is 11.3. The highest BCUT2D eigenvalue weighted by molar-refractivity contribution is 14.0. The SMILES string of the molecule is CCNC(=NCC(=O)Nc1cccc(CC)c1)NC1CCN(c2cccs2)CC1.I. The van der Waals surface area contributed by atoms with E-state index in [1.165, 1.54) is 10.6 Å². The average molecular weight is 542 g/mol. The van der Waals surface area contributed by atoms with E-state index in [0.717, 1.165) is 44.6 Å². The van der Waals surface area contributed by atoms with Gasteiger partial charge in [0.15, 0.2) is 5.96 Å². The molecule has 8 heteroatoms. The minimum Gasteiger partial charge on any atom is -0.363 e. The summed E-state index contributed by atoms with van der Waals surface area (Å²) < 4.78 is 0. The molecule has 0 aliphatic carbocycles. The second kappa shape index (κ2) is 12.8. The van der Waals surface area contributed by atoms with Crippen molar-refractivity contribution in [2.45, 2.75) is 39.2 Å². The summed E-state index contributed by atoms with van der Waals surface area (Å²) in [6, 6.07) is 12.6. The number of amides is 1. The summed E-state index contributed by atoms with van der Waals surface area (Å²) in [6.45, 7) is 7.06. The first-order chi connectivity index (χ1) is 14.2. The van der Waals surface area contributed by atoms with Gasteiger partial charge in [0.1, 0.15) is 6.54 Å². The molecule has 0 radical (unpaired) electrons. The standard InChI is InChI=1S/C22H31N5OS.HI/c1-3-17-7-5-8-19(15-17)25-20(28)16-24-22(23-4-2)26-18-10-12-27(13-11-18)21-9-6-14-29-21;/h5-9,14-15,18H,3-4,10-13,16H2,1-2H3,(H,25,28)(H2,23,24,26);1H. The molecule has 2 aromatic rings. The number of hydrogen-bond donors (Lipinski definition) is 3. The zero-order chi connectivity index (χ0) is 20.5. The number of aryl methyl sites for hydroxylation is 1.